The number of aromatic nitrogens is 2. The maximum absolute atomic E-state index is 13.0. The van der Waals surface area contributed by atoms with Crippen molar-refractivity contribution in [3.05, 3.63) is 52.7 Å². The number of sulfonamides is 1. The lowest BCUT2D eigenvalue weighted by Crippen LogP contribution is -2.31. The van der Waals surface area contributed by atoms with Crippen molar-refractivity contribution < 1.29 is 12.9 Å². The molecule has 132 valence electrons. The quantitative estimate of drug-likeness (QED) is 0.656. The number of hydrogen-bond donors (Lipinski definition) is 0. The Morgan fingerprint density at radius 2 is 2.04 bits per heavy atom. The first kappa shape index (κ1) is 17.8. The number of thiophene rings is 1. The predicted octanol–water partition coefficient (Wildman–Crippen LogP) is 3.63. The molecule has 0 amide bonds. The molecule has 3 aromatic rings. The van der Waals surface area contributed by atoms with E-state index in [4.69, 9.17) is 4.52 Å². The standard InChI is InChI=1S/C17H19N3O3S2/c1-4-20(25(21,22)15-10-12(2)7-8-13(15)3)11-16-18-17(19-23-16)14-6-5-9-24-14/h5-10H,4,11H2,1-3H3. The minimum absolute atomic E-state index is 0.0462. The van der Waals surface area contributed by atoms with Crippen molar-refractivity contribution in [3.8, 4) is 10.7 Å². The number of rotatable bonds is 6. The third kappa shape index (κ3) is 3.65. The minimum Gasteiger partial charge on any atom is -0.337 e. The third-order valence-electron chi connectivity index (χ3n) is 3.84. The fraction of sp³-hybridized carbons (Fsp3) is 0.294. The van der Waals surface area contributed by atoms with E-state index in [-0.39, 0.29) is 12.4 Å². The van der Waals surface area contributed by atoms with Crippen LogP contribution in [0.2, 0.25) is 0 Å². The molecule has 0 atom stereocenters. The van der Waals surface area contributed by atoms with E-state index in [0.717, 1.165) is 10.4 Å². The van der Waals surface area contributed by atoms with Gasteiger partial charge in [0.2, 0.25) is 21.7 Å². The van der Waals surface area contributed by atoms with Gasteiger partial charge in [-0.05, 0) is 42.5 Å². The van der Waals surface area contributed by atoms with Gasteiger partial charge in [-0.15, -0.1) is 11.3 Å². The van der Waals surface area contributed by atoms with E-state index < -0.39 is 10.0 Å². The van der Waals surface area contributed by atoms with E-state index in [1.54, 1.807) is 19.9 Å². The Bertz CT molecular complexity index is 963. The van der Waals surface area contributed by atoms with Crippen LogP contribution in [0.4, 0.5) is 0 Å². The summed E-state index contributed by atoms with van der Waals surface area (Å²) in [5.74, 6) is 0.754. The molecule has 0 radical (unpaired) electrons. The van der Waals surface area contributed by atoms with E-state index >= 15 is 0 Å². The molecule has 0 spiro atoms. The molecule has 0 unspecified atom stereocenters. The predicted molar refractivity (Wildman–Crippen MR) is 96.8 cm³/mol. The van der Waals surface area contributed by atoms with Crippen molar-refractivity contribution in [1.29, 1.82) is 0 Å². The molecule has 0 saturated heterocycles. The lowest BCUT2D eigenvalue weighted by molar-refractivity contribution is 0.321. The summed E-state index contributed by atoms with van der Waals surface area (Å²) in [6.45, 7) is 5.82. The Kier molecular flexibility index (Phi) is 5.03. The number of nitrogens with zero attached hydrogens (tertiary/aromatic N) is 3. The highest BCUT2D eigenvalue weighted by atomic mass is 32.2. The van der Waals surface area contributed by atoms with Crippen LogP contribution >= 0.6 is 11.3 Å². The lowest BCUT2D eigenvalue weighted by Gasteiger charge is -2.20. The first-order valence-corrected chi connectivity index (χ1v) is 10.2. The molecule has 0 N–H and O–H groups in total. The van der Waals surface area contributed by atoms with Crippen LogP contribution in [0.5, 0.6) is 0 Å². The average Bonchev–Trinajstić information content (AvgIpc) is 3.25. The summed E-state index contributed by atoms with van der Waals surface area (Å²) in [5.41, 5.74) is 1.62. The normalized spacial score (nSPS) is 12.0. The first-order chi connectivity index (χ1) is 11.9. The fourth-order valence-electron chi connectivity index (χ4n) is 2.47. The Hall–Kier alpha value is -2.03. The van der Waals surface area contributed by atoms with E-state index in [1.807, 2.05) is 36.6 Å². The van der Waals surface area contributed by atoms with Gasteiger partial charge in [-0.25, -0.2) is 8.42 Å². The number of benzene rings is 1. The smallest absolute Gasteiger partial charge is 0.243 e. The molecule has 0 fully saturated rings. The Morgan fingerprint density at radius 1 is 1.24 bits per heavy atom. The SMILES string of the molecule is CCN(Cc1nc(-c2cccs2)no1)S(=O)(=O)c1cc(C)ccc1C. The highest BCUT2D eigenvalue weighted by Crippen LogP contribution is 2.24. The molecular formula is C17H19N3O3S2. The zero-order valence-corrected chi connectivity index (χ0v) is 15.9. The lowest BCUT2D eigenvalue weighted by atomic mass is 10.2. The molecular weight excluding hydrogens is 358 g/mol. The minimum atomic E-state index is -3.64. The second-order valence-corrected chi connectivity index (χ2v) is 8.54. The largest absolute Gasteiger partial charge is 0.337 e. The van der Waals surface area contributed by atoms with Gasteiger partial charge in [0, 0.05) is 6.54 Å². The number of hydrogen-bond acceptors (Lipinski definition) is 6. The molecule has 1 aromatic carbocycles. The Balaban J connectivity index is 1.88. The number of aryl methyl sites for hydroxylation is 2. The van der Waals surface area contributed by atoms with Crippen molar-refractivity contribution in [3.63, 3.8) is 0 Å². The van der Waals surface area contributed by atoms with E-state index in [1.165, 1.54) is 15.6 Å². The van der Waals surface area contributed by atoms with Gasteiger partial charge in [0.05, 0.1) is 16.3 Å². The van der Waals surface area contributed by atoms with Gasteiger partial charge in [0.25, 0.3) is 0 Å². The van der Waals surface area contributed by atoms with E-state index in [2.05, 4.69) is 10.1 Å². The van der Waals surface area contributed by atoms with Gasteiger partial charge in [-0.3, -0.25) is 0 Å². The molecule has 3 rings (SSSR count). The zero-order valence-electron chi connectivity index (χ0n) is 14.3. The van der Waals surface area contributed by atoms with Crippen LogP contribution < -0.4 is 0 Å². The molecule has 2 heterocycles. The summed E-state index contributed by atoms with van der Waals surface area (Å²) < 4.78 is 32.6. The van der Waals surface area contributed by atoms with Crippen LogP contribution in [0.25, 0.3) is 10.7 Å². The van der Waals surface area contributed by atoms with Gasteiger partial charge in [0.15, 0.2) is 0 Å². The van der Waals surface area contributed by atoms with Gasteiger partial charge in [0.1, 0.15) is 0 Å². The second kappa shape index (κ2) is 7.07. The summed E-state index contributed by atoms with van der Waals surface area (Å²) in [7, 11) is -3.64. The molecule has 6 nitrogen and oxygen atoms in total. The first-order valence-electron chi connectivity index (χ1n) is 7.85. The molecule has 0 aliphatic heterocycles. The van der Waals surface area contributed by atoms with Gasteiger partial charge < -0.3 is 4.52 Å². The summed E-state index contributed by atoms with van der Waals surface area (Å²) in [6.07, 6.45) is 0. The van der Waals surface area contributed by atoms with Crippen LogP contribution in [0.3, 0.4) is 0 Å². The molecule has 25 heavy (non-hydrogen) atoms. The van der Waals surface area contributed by atoms with Crippen molar-refractivity contribution in [2.75, 3.05) is 6.54 Å². The average molecular weight is 377 g/mol. The Labute approximate surface area is 151 Å². The molecule has 2 aromatic heterocycles. The van der Waals surface area contributed by atoms with Gasteiger partial charge in [-0.2, -0.15) is 9.29 Å². The second-order valence-electron chi connectivity index (χ2n) is 5.69. The topological polar surface area (TPSA) is 76.3 Å². The summed E-state index contributed by atoms with van der Waals surface area (Å²) in [6, 6.07) is 9.20. The summed E-state index contributed by atoms with van der Waals surface area (Å²) in [5, 5.41) is 5.86. The third-order valence-corrected chi connectivity index (χ3v) is 6.76. The maximum atomic E-state index is 13.0. The fourth-order valence-corrected chi connectivity index (χ4v) is 4.82. The highest BCUT2D eigenvalue weighted by molar-refractivity contribution is 7.89. The molecule has 0 aliphatic carbocycles. The molecule has 8 heteroatoms. The summed E-state index contributed by atoms with van der Waals surface area (Å²) in [4.78, 5) is 5.51. The Morgan fingerprint density at radius 3 is 2.72 bits per heavy atom. The van der Waals surface area contributed by atoms with Crippen LogP contribution in [0.1, 0.15) is 23.9 Å². The van der Waals surface area contributed by atoms with E-state index in [0.29, 0.717) is 22.8 Å². The maximum Gasteiger partial charge on any atom is 0.243 e. The van der Waals surface area contributed by atoms with Crippen LogP contribution in [-0.2, 0) is 16.6 Å². The molecule has 0 bridgehead atoms. The van der Waals surface area contributed by atoms with Crippen molar-refractivity contribution in [2.45, 2.75) is 32.2 Å². The van der Waals surface area contributed by atoms with Crippen LogP contribution in [0.15, 0.2) is 45.1 Å². The monoisotopic (exact) mass is 377 g/mol. The van der Waals surface area contributed by atoms with Crippen LogP contribution in [-0.4, -0.2) is 29.4 Å². The van der Waals surface area contributed by atoms with Crippen molar-refractivity contribution in [1.82, 2.24) is 14.4 Å². The van der Waals surface area contributed by atoms with Crippen molar-refractivity contribution >= 4 is 21.4 Å². The zero-order chi connectivity index (χ0) is 18.0. The van der Waals surface area contributed by atoms with E-state index in [9.17, 15) is 8.42 Å². The molecule has 0 aliphatic rings. The van der Waals surface area contributed by atoms with Gasteiger partial charge in [-0.1, -0.05) is 30.3 Å². The highest BCUT2D eigenvalue weighted by Gasteiger charge is 2.27. The molecule has 0 saturated carbocycles. The van der Waals surface area contributed by atoms with Crippen molar-refractivity contribution in [2.24, 2.45) is 0 Å². The van der Waals surface area contributed by atoms with Crippen LogP contribution in [0, 0.1) is 13.8 Å². The van der Waals surface area contributed by atoms with Gasteiger partial charge >= 0.3 is 0 Å². The summed E-state index contributed by atoms with van der Waals surface area (Å²) >= 11 is 1.50.